The van der Waals surface area contributed by atoms with E-state index in [9.17, 15) is 9.59 Å². The summed E-state index contributed by atoms with van der Waals surface area (Å²) < 4.78 is 22.6. The van der Waals surface area contributed by atoms with Crippen molar-refractivity contribution >= 4 is 29.0 Å². The number of hydrogen-bond acceptors (Lipinski definition) is 3. The lowest BCUT2D eigenvalue weighted by atomic mass is 9.99. The Hall–Kier alpha value is -1.55. The third kappa shape index (κ3) is 2.97. The van der Waals surface area contributed by atoms with Crippen LogP contribution in [0.25, 0.3) is 0 Å². The first-order valence-corrected chi connectivity index (χ1v) is 4.73. The van der Waals surface area contributed by atoms with Gasteiger partial charge in [-0.3, -0.25) is 9.59 Å². The molecule has 2 unspecified atom stereocenters. The van der Waals surface area contributed by atoms with Crippen LogP contribution < -0.4 is 5.73 Å². The van der Waals surface area contributed by atoms with Crippen LogP contribution in [0.3, 0.4) is 0 Å². The number of Topliss-reactive ketones (excluding diaryl/α,β-unsaturated/α-hetero) is 1. The summed E-state index contributed by atoms with van der Waals surface area (Å²) in [5, 5.41) is 8.87. The lowest BCUT2D eigenvalue weighted by Gasteiger charge is -2.07. The van der Waals surface area contributed by atoms with Gasteiger partial charge in [0.05, 0.1) is 7.26 Å². The van der Waals surface area contributed by atoms with Gasteiger partial charge < -0.3 is 10.8 Å². The zero-order chi connectivity index (χ0) is 15.0. The first kappa shape index (κ1) is 8.58. The second kappa shape index (κ2) is 4.99. The monoisotopic (exact) mass is 244 g/mol. The van der Waals surface area contributed by atoms with Gasteiger partial charge in [-0.05, 0) is 18.2 Å². The van der Waals surface area contributed by atoms with E-state index in [1.165, 1.54) is 12.1 Å². The van der Waals surface area contributed by atoms with Crippen LogP contribution in [0.1, 0.15) is 27.8 Å². The van der Waals surface area contributed by atoms with E-state index >= 15 is 0 Å². The lowest BCUT2D eigenvalue weighted by molar-refractivity contribution is -0.141. The lowest BCUT2D eigenvalue weighted by Crippen LogP contribution is -2.15. The van der Waals surface area contributed by atoms with Crippen LogP contribution in [0, 0.1) is 5.89 Å². The summed E-state index contributed by atoms with van der Waals surface area (Å²) in [6, 6.07) is 2.22. The molecule has 0 aromatic heterocycles. The number of carbonyl (C=O) groups excluding carboxylic acids is 1. The van der Waals surface area contributed by atoms with E-state index in [0.717, 1.165) is 6.92 Å². The summed E-state index contributed by atoms with van der Waals surface area (Å²) in [6.45, 7) is 0.957. The Kier molecular flexibility index (Phi) is 2.67. The van der Waals surface area contributed by atoms with Crippen molar-refractivity contribution < 1.29 is 18.8 Å². The molecule has 0 radical (unpaired) electrons. The quantitative estimate of drug-likeness (QED) is 0.629. The molecule has 4 nitrogen and oxygen atoms in total. The van der Waals surface area contributed by atoms with Crippen molar-refractivity contribution in [3.05, 3.63) is 28.8 Å². The minimum Gasteiger partial charge on any atom is -0.481 e. The highest BCUT2D eigenvalue weighted by Crippen LogP contribution is 2.20. The summed E-state index contributed by atoms with van der Waals surface area (Å²) in [4.78, 5) is 22.9. The topological polar surface area (TPSA) is 80.4 Å². The number of nitrogens with two attached hydrogens (primary N) is 1. The zero-order valence-electron chi connectivity index (χ0n) is 11.5. The summed E-state index contributed by atoms with van der Waals surface area (Å²) in [6.07, 6.45) is -1.85. The number of carboxylic acid groups (broad SMARTS) is 1. The second-order valence-electron chi connectivity index (χ2n) is 3.13. The molecule has 1 aromatic carbocycles. The SMILES string of the molecule is [2H]c1c(Cl)ccc(C(=O)C([2H])C([2H])(C)C(=O)O)c1N. The zero-order valence-corrected chi connectivity index (χ0v) is 9.21. The number of carboxylic acids is 1. The molecule has 0 spiro atoms. The molecule has 2 atom stereocenters. The molecule has 0 bridgehead atoms. The summed E-state index contributed by atoms with van der Waals surface area (Å²) in [5.74, 6) is -4.81. The van der Waals surface area contributed by atoms with Crippen molar-refractivity contribution in [1.82, 2.24) is 0 Å². The number of rotatable bonds is 4. The first-order chi connectivity index (χ1) is 8.60. The first-order valence-electron chi connectivity index (χ1n) is 5.92. The highest BCUT2D eigenvalue weighted by Gasteiger charge is 2.18. The third-order valence-corrected chi connectivity index (χ3v) is 2.11. The normalized spacial score (nSPS) is 18.8. The van der Waals surface area contributed by atoms with Crippen molar-refractivity contribution in [3.8, 4) is 0 Å². The van der Waals surface area contributed by atoms with E-state index in [1.54, 1.807) is 0 Å². The molecule has 0 aliphatic heterocycles. The number of carbonyl (C=O) groups is 2. The van der Waals surface area contributed by atoms with Crippen molar-refractivity contribution in [1.29, 1.82) is 0 Å². The van der Waals surface area contributed by atoms with Crippen LogP contribution in [0.2, 0.25) is 5.02 Å². The fourth-order valence-electron chi connectivity index (χ4n) is 1.03. The smallest absolute Gasteiger partial charge is 0.306 e. The van der Waals surface area contributed by atoms with Gasteiger partial charge in [0.1, 0.15) is 0 Å². The Morgan fingerprint density at radius 1 is 1.75 bits per heavy atom. The number of nitrogen functional groups attached to an aromatic ring is 1. The fraction of sp³-hybridized carbons (Fsp3) is 0.273. The van der Waals surface area contributed by atoms with Crippen molar-refractivity contribution in [2.45, 2.75) is 13.3 Å². The average Bonchev–Trinajstić information content (AvgIpc) is 2.34. The van der Waals surface area contributed by atoms with Gasteiger partial charge in [-0.2, -0.15) is 0 Å². The molecule has 5 heteroatoms. The molecule has 3 N–H and O–H groups in total. The standard InChI is InChI=1S/C11H12ClNO3/c1-6(11(15)16)4-10(14)8-3-2-7(12)5-9(8)13/h2-3,5-6H,4,13H2,1H3,(H,15,16)/i4D,5D,6D. The van der Waals surface area contributed by atoms with Crippen molar-refractivity contribution in [2.24, 2.45) is 5.89 Å². The number of benzene rings is 1. The van der Waals surface area contributed by atoms with E-state index in [2.05, 4.69) is 0 Å². The molecule has 1 aromatic rings. The van der Waals surface area contributed by atoms with E-state index in [-0.39, 0.29) is 22.3 Å². The summed E-state index contributed by atoms with van der Waals surface area (Å²) in [5.41, 5.74) is 5.16. The molecular formula is C11H12ClNO3. The molecule has 0 heterocycles. The molecule has 86 valence electrons. The predicted octanol–water partition coefficient (Wildman–Crippen LogP) is 2.22. The van der Waals surface area contributed by atoms with Crippen LogP contribution in [0.5, 0.6) is 0 Å². The van der Waals surface area contributed by atoms with Crippen molar-refractivity contribution in [3.63, 3.8) is 0 Å². The maximum atomic E-state index is 12.0. The Morgan fingerprint density at radius 2 is 2.38 bits per heavy atom. The highest BCUT2D eigenvalue weighted by molar-refractivity contribution is 6.31. The van der Waals surface area contributed by atoms with E-state index < -0.39 is 24.0 Å². The minimum absolute atomic E-state index is 0.0439. The van der Waals surface area contributed by atoms with Crippen LogP contribution in [0.4, 0.5) is 5.69 Å². The van der Waals surface area contributed by atoms with Gasteiger partial charge in [-0.25, -0.2) is 0 Å². The summed E-state index contributed by atoms with van der Waals surface area (Å²) >= 11 is 5.65. The van der Waals surface area contributed by atoms with Gasteiger partial charge in [0.2, 0.25) is 0 Å². The minimum atomic E-state index is -2.30. The van der Waals surface area contributed by atoms with Crippen molar-refractivity contribution in [2.75, 3.05) is 5.73 Å². The van der Waals surface area contributed by atoms with E-state index in [1.807, 2.05) is 0 Å². The van der Waals surface area contributed by atoms with Gasteiger partial charge in [0.25, 0.3) is 0 Å². The number of halogens is 1. The number of ketones is 1. The largest absolute Gasteiger partial charge is 0.481 e. The van der Waals surface area contributed by atoms with Gasteiger partial charge >= 0.3 is 5.97 Å². The molecule has 0 aliphatic carbocycles. The van der Waals surface area contributed by atoms with Crippen LogP contribution in [0.15, 0.2) is 18.2 Å². The van der Waals surface area contributed by atoms with Gasteiger partial charge in [0, 0.05) is 25.4 Å². The van der Waals surface area contributed by atoms with E-state index in [4.69, 9.17) is 26.6 Å². The molecular weight excluding hydrogens is 230 g/mol. The van der Waals surface area contributed by atoms with Gasteiger partial charge in [0.15, 0.2) is 5.78 Å². The van der Waals surface area contributed by atoms with Gasteiger partial charge in [-0.15, -0.1) is 0 Å². The molecule has 0 saturated heterocycles. The highest BCUT2D eigenvalue weighted by atomic mass is 35.5. The van der Waals surface area contributed by atoms with E-state index in [0.29, 0.717) is 0 Å². The fourth-order valence-corrected chi connectivity index (χ4v) is 1.20. The maximum Gasteiger partial charge on any atom is 0.306 e. The Morgan fingerprint density at radius 3 is 2.94 bits per heavy atom. The molecule has 0 fully saturated rings. The molecule has 0 aliphatic rings. The Bertz CT molecular complexity index is 548. The second-order valence-corrected chi connectivity index (χ2v) is 3.54. The molecule has 0 amide bonds. The van der Waals surface area contributed by atoms with Crippen LogP contribution in [-0.4, -0.2) is 16.9 Å². The number of aliphatic carboxylic acids is 1. The third-order valence-electron chi connectivity index (χ3n) is 1.89. The van der Waals surface area contributed by atoms with Gasteiger partial charge in [-0.1, -0.05) is 18.5 Å². The average molecular weight is 245 g/mol. The maximum absolute atomic E-state index is 12.0. The molecule has 1 rings (SSSR count). The number of anilines is 1. The Balaban J connectivity index is 3.22. The van der Waals surface area contributed by atoms with Crippen LogP contribution in [-0.2, 0) is 4.79 Å². The predicted molar refractivity (Wildman–Crippen MR) is 61.6 cm³/mol. The Labute approximate surface area is 102 Å². The van der Waals surface area contributed by atoms with Crippen LogP contribution >= 0.6 is 11.6 Å². The summed E-state index contributed by atoms with van der Waals surface area (Å²) in [7, 11) is 0. The molecule has 16 heavy (non-hydrogen) atoms. The number of hydrogen-bond donors (Lipinski definition) is 2. The molecule has 0 saturated carbocycles.